The van der Waals surface area contributed by atoms with Crippen molar-refractivity contribution in [3.05, 3.63) is 0 Å². The molecule has 0 spiro atoms. The Morgan fingerprint density at radius 3 is 2.38 bits per heavy atom. The number of ether oxygens (including phenoxy) is 3. The second-order valence-corrected chi connectivity index (χ2v) is 3.40. The summed E-state index contributed by atoms with van der Waals surface area (Å²) in [5.74, 6) is 0. The summed E-state index contributed by atoms with van der Waals surface area (Å²) in [6, 6.07) is 0. The molecule has 0 fully saturated rings. The molecule has 0 atom stereocenters. The summed E-state index contributed by atoms with van der Waals surface area (Å²) < 4.78 is 15.4. The summed E-state index contributed by atoms with van der Waals surface area (Å²) in [6.07, 6.45) is 1.91. The molecule has 0 aromatic rings. The minimum Gasteiger partial charge on any atom is -0.394 e. The van der Waals surface area contributed by atoms with E-state index in [1.165, 1.54) is 0 Å². The highest BCUT2D eigenvalue weighted by Gasteiger charge is 1.91. The minimum absolute atomic E-state index is 0.0999. The normalized spacial score (nSPS) is 10.9. The summed E-state index contributed by atoms with van der Waals surface area (Å²) in [4.78, 5) is 0. The van der Waals surface area contributed by atoms with E-state index in [0.29, 0.717) is 13.2 Å². The zero-order chi connectivity index (χ0) is 11.9. The largest absolute Gasteiger partial charge is 0.394 e. The molecule has 0 bridgehead atoms. The molecule has 0 radical (unpaired) electrons. The lowest BCUT2D eigenvalue weighted by Gasteiger charge is -2.06. The molecule has 98 valence electrons. The van der Waals surface area contributed by atoms with Gasteiger partial charge < -0.3 is 24.6 Å². The van der Waals surface area contributed by atoms with E-state index in [4.69, 9.17) is 19.3 Å². The third kappa shape index (κ3) is 13.8. The van der Waals surface area contributed by atoms with Gasteiger partial charge in [0.1, 0.15) is 0 Å². The number of hydrogen-bond donors (Lipinski definition) is 2. The maximum atomic E-state index is 8.46. The minimum atomic E-state index is 0.0999. The fourth-order valence-corrected chi connectivity index (χ4v) is 1.14. The van der Waals surface area contributed by atoms with Gasteiger partial charge in [0.2, 0.25) is 0 Å². The number of aliphatic hydroxyl groups excluding tert-OH is 1. The molecule has 0 aromatic heterocycles. The first-order valence-corrected chi connectivity index (χ1v) is 5.87. The van der Waals surface area contributed by atoms with Crippen molar-refractivity contribution in [2.45, 2.75) is 12.8 Å². The fourth-order valence-electron chi connectivity index (χ4n) is 1.14. The van der Waals surface area contributed by atoms with Crippen LogP contribution in [0.15, 0.2) is 0 Å². The third-order valence-electron chi connectivity index (χ3n) is 1.94. The van der Waals surface area contributed by atoms with Gasteiger partial charge in [-0.25, -0.2) is 0 Å². The SMILES string of the molecule is COCCCOCCNCCCOCCO. The zero-order valence-corrected chi connectivity index (χ0v) is 10.2. The second-order valence-electron chi connectivity index (χ2n) is 3.40. The van der Waals surface area contributed by atoms with Crippen LogP contribution in [0.5, 0.6) is 0 Å². The zero-order valence-electron chi connectivity index (χ0n) is 10.2. The van der Waals surface area contributed by atoms with Crippen LogP contribution in [0.1, 0.15) is 12.8 Å². The van der Waals surface area contributed by atoms with Gasteiger partial charge in [-0.15, -0.1) is 0 Å². The first-order chi connectivity index (χ1) is 7.91. The fraction of sp³-hybridized carbons (Fsp3) is 1.00. The number of hydrogen-bond acceptors (Lipinski definition) is 5. The van der Waals surface area contributed by atoms with Crippen molar-refractivity contribution in [1.82, 2.24) is 5.32 Å². The molecular weight excluding hydrogens is 210 g/mol. The average Bonchev–Trinajstić information content (AvgIpc) is 2.31. The van der Waals surface area contributed by atoms with Gasteiger partial charge in [0.25, 0.3) is 0 Å². The van der Waals surface area contributed by atoms with Crippen molar-refractivity contribution in [3.8, 4) is 0 Å². The summed E-state index contributed by atoms with van der Waals surface area (Å²) in [5, 5.41) is 11.7. The topological polar surface area (TPSA) is 60.0 Å². The monoisotopic (exact) mass is 235 g/mol. The Balaban J connectivity index is 2.83. The molecular formula is C11H25NO4. The van der Waals surface area contributed by atoms with Gasteiger partial charge >= 0.3 is 0 Å². The maximum Gasteiger partial charge on any atom is 0.0697 e. The molecule has 0 aromatic carbocycles. The number of nitrogens with one attached hydrogen (secondary N) is 1. The van der Waals surface area contributed by atoms with E-state index in [1.54, 1.807) is 7.11 Å². The van der Waals surface area contributed by atoms with E-state index < -0.39 is 0 Å². The highest BCUT2D eigenvalue weighted by Crippen LogP contribution is 1.83. The van der Waals surface area contributed by atoms with Crippen molar-refractivity contribution >= 4 is 0 Å². The van der Waals surface area contributed by atoms with Crippen LogP contribution in [0.25, 0.3) is 0 Å². The summed E-state index contributed by atoms with van der Waals surface area (Å²) in [6.45, 7) is 5.28. The van der Waals surface area contributed by atoms with Crippen LogP contribution in [0.2, 0.25) is 0 Å². The van der Waals surface area contributed by atoms with Gasteiger partial charge in [-0.1, -0.05) is 0 Å². The molecule has 0 rings (SSSR count). The lowest BCUT2D eigenvalue weighted by Crippen LogP contribution is -2.22. The Morgan fingerprint density at radius 2 is 1.62 bits per heavy atom. The predicted octanol–water partition coefficient (Wildman–Crippen LogP) is 0.0281. The Bertz CT molecular complexity index is 111. The van der Waals surface area contributed by atoms with Crippen LogP contribution in [0.3, 0.4) is 0 Å². The van der Waals surface area contributed by atoms with E-state index in [1.807, 2.05) is 0 Å². The summed E-state index contributed by atoms with van der Waals surface area (Å²) in [5.41, 5.74) is 0. The maximum absolute atomic E-state index is 8.46. The average molecular weight is 235 g/mol. The van der Waals surface area contributed by atoms with Crippen LogP contribution >= 0.6 is 0 Å². The molecule has 0 amide bonds. The van der Waals surface area contributed by atoms with Crippen LogP contribution in [-0.2, 0) is 14.2 Å². The van der Waals surface area contributed by atoms with Gasteiger partial charge in [0.05, 0.1) is 19.8 Å². The van der Waals surface area contributed by atoms with Gasteiger partial charge in [-0.05, 0) is 19.4 Å². The Labute approximate surface area is 98.1 Å². The van der Waals surface area contributed by atoms with Crippen LogP contribution in [-0.4, -0.2) is 64.9 Å². The third-order valence-corrected chi connectivity index (χ3v) is 1.94. The molecule has 0 aliphatic carbocycles. The lowest BCUT2D eigenvalue weighted by molar-refractivity contribution is 0.0888. The van der Waals surface area contributed by atoms with Crippen LogP contribution in [0, 0.1) is 0 Å². The van der Waals surface area contributed by atoms with Crippen LogP contribution < -0.4 is 5.32 Å². The van der Waals surface area contributed by atoms with E-state index >= 15 is 0 Å². The number of aliphatic hydroxyl groups is 1. The van der Waals surface area contributed by atoms with Crippen LogP contribution in [0.4, 0.5) is 0 Å². The molecule has 0 unspecified atom stereocenters. The molecule has 0 aliphatic heterocycles. The van der Waals surface area contributed by atoms with E-state index in [-0.39, 0.29) is 6.61 Å². The second kappa shape index (κ2) is 14.8. The molecule has 0 saturated heterocycles. The number of rotatable bonds is 13. The highest BCUT2D eigenvalue weighted by molar-refractivity contribution is 4.46. The summed E-state index contributed by atoms with van der Waals surface area (Å²) >= 11 is 0. The molecule has 16 heavy (non-hydrogen) atoms. The Hall–Kier alpha value is -0.200. The highest BCUT2D eigenvalue weighted by atomic mass is 16.5. The first kappa shape index (κ1) is 15.8. The Kier molecular flexibility index (Phi) is 14.6. The predicted molar refractivity (Wildman–Crippen MR) is 62.7 cm³/mol. The van der Waals surface area contributed by atoms with Gasteiger partial charge in [-0.2, -0.15) is 0 Å². The molecule has 2 N–H and O–H groups in total. The Morgan fingerprint density at radius 1 is 0.875 bits per heavy atom. The molecule has 5 nitrogen and oxygen atoms in total. The summed E-state index contributed by atoms with van der Waals surface area (Å²) in [7, 11) is 1.69. The molecule has 0 aliphatic rings. The van der Waals surface area contributed by atoms with Gasteiger partial charge in [0.15, 0.2) is 0 Å². The van der Waals surface area contributed by atoms with Crippen molar-refractivity contribution in [2.24, 2.45) is 0 Å². The van der Waals surface area contributed by atoms with E-state index in [9.17, 15) is 0 Å². The van der Waals surface area contributed by atoms with Crippen molar-refractivity contribution < 1.29 is 19.3 Å². The molecule has 0 saturated carbocycles. The van der Waals surface area contributed by atoms with Crippen molar-refractivity contribution in [1.29, 1.82) is 0 Å². The first-order valence-electron chi connectivity index (χ1n) is 5.87. The molecule has 5 heteroatoms. The lowest BCUT2D eigenvalue weighted by atomic mass is 10.4. The molecule has 0 heterocycles. The number of methoxy groups -OCH3 is 1. The van der Waals surface area contributed by atoms with E-state index in [2.05, 4.69) is 5.32 Å². The standard InChI is InChI=1S/C11H25NO4/c1-14-7-3-9-15-10-5-12-4-2-8-16-11-6-13/h12-13H,2-11H2,1H3. The van der Waals surface area contributed by atoms with Gasteiger partial charge in [0, 0.05) is 33.5 Å². The van der Waals surface area contributed by atoms with Gasteiger partial charge in [-0.3, -0.25) is 0 Å². The van der Waals surface area contributed by atoms with Crippen molar-refractivity contribution in [3.63, 3.8) is 0 Å². The van der Waals surface area contributed by atoms with E-state index in [0.717, 1.165) is 45.8 Å². The smallest absolute Gasteiger partial charge is 0.0697 e. The van der Waals surface area contributed by atoms with Crippen molar-refractivity contribution in [2.75, 3.05) is 59.8 Å². The quantitative estimate of drug-likeness (QED) is 0.441.